The molecule has 1 amide bonds. The van der Waals surface area contributed by atoms with Crippen LogP contribution in [-0.4, -0.2) is 39.2 Å². The van der Waals surface area contributed by atoms with E-state index in [1.54, 1.807) is 0 Å². The minimum absolute atomic E-state index is 0.214. The maximum absolute atomic E-state index is 11.7. The summed E-state index contributed by atoms with van der Waals surface area (Å²) < 4.78 is 0.606. The number of nitrogens with one attached hydrogen (secondary N) is 1. The standard InChI is InChI=1S/C10H11BrN2O4/c1-5(14)8(10(16)17)13-9(15)6-2-7(11)4-12-3-6/h2-5,8,14H,1H3,(H,13,15)(H,16,17)/t5-,8+/m1/s1. The second-order valence-electron chi connectivity index (χ2n) is 3.42. The predicted molar refractivity (Wildman–Crippen MR) is 62.5 cm³/mol. The van der Waals surface area contributed by atoms with Gasteiger partial charge in [-0.1, -0.05) is 0 Å². The zero-order chi connectivity index (χ0) is 13.0. The number of carboxylic acid groups (broad SMARTS) is 1. The van der Waals surface area contributed by atoms with Gasteiger partial charge in [0.1, 0.15) is 0 Å². The minimum Gasteiger partial charge on any atom is -0.480 e. The van der Waals surface area contributed by atoms with Gasteiger partial charge in [0.05, 0.1) is 11.7 Å². The van der Waals surface area contributed by atoms with Crippen molar-refractivity contribution in [2.24, 2.45) is 0 Å². The molecule has 0 aliphatic heterocycles. The fraction of sp³-hybridized carbons (Fsp3) is 0.300. The monoisotopic (exact) mass is 302 g/mol. The molecule has 7 heteroatoms. The average Bonchev–Trinajstić information content (AvgIpc) is 2.24. The molecule has 0 radical (unpaired) electrons. The predicted octanol–water partition coefficient (Wildman–Crippen LogP) is 0.408. The average molecular weight is 303 g/mol. The van der Waals surface area contributed by atoms with Gasteiger partial charge in [-0.15, -0.1) is 0 Å². The number of aliphatic hydroxyl groups excluding tert-OH is 1. The number of aliphatic carboxylic acids is 1. The smallest absolute Gasteiger partial charge is 0.328 e. The first kappa shape index (κ1) is 13.6. The summed E-state index contributed by atoms with van der Waals surface area (Å²) in [6.07, 6.45) is 1.62. The number of aliphatic hydroxyl groups is 1. The highest BCUT2D eigenvalue weighted by molar-refractivity contribution is 9.10. The van der Waals surface area contributed by atoms with Crippen LogP contribution in [0.1, 0.15) is 17.3 Å². The Kier molecular flexibility index (Phi) is 4.59. The van der Waals surface area contributed by atoms with Crippen molar-refractivity contribution < 1.29 is 19.8 Å². The summed E-state index contributed by atoms with van der Waals surface area (Å²) in [6, 6.07) is 0.157. The summed E-state index contributed by atoms with van der Waals surface area (Å²) >= 11 is 3.15. The van der Waals surface area contributed by atoms with Crippen molar-refractivity contribution in [3.8, 4) is 0 Å². The van der Waals surface area contributed by atoms with Crippen LogP contribution in [0.3, 0.4) is 0 Å². The zero-order valence-corrected chi connectivity index (χ0v) is 10.5. The molecule has 6 nitrogen and oxygen atoms in total. The van der Waals surface area contributed by atoms with Crippen LogP contribution in [0.15, 0.2) is 22.9 Å². The summed E-state index contributed by atoms with van der Waals surface area (Å²) in [5.41, 5.74) is 0.214. The molecule has 0 aliphatic rings. The molecule has 17 heavy (non-hydrogen) atoms. The van der Waals surface area contributed by atoms with Crippen molar-refractivity contribution in [3.05, 3.63) is 28.5 Å². The summed E-state index contributed by atoms with van der Waals surface area (Å²) in [7, 11) is 0. The molecule has 2 atom stereocenters. The third-order valence-corrected chi connectivity index (χ3v) is 2.44. The Morgan fingerprint density at radius 2 is 2.12 bits per heavy atom. The molecule has 0 spiro atoms. The van der Waals surface area contributed by atoms with Gasteiger partial charge in [-0.2, -0.15) is 0 Å². The van der Waals surface area contributed by atoms with E-state index in [2.05, 4.69) is 26.2 Å². The number of halogens is 1. The lowest BCUT2D eigenvalue weighted by atomic mass is 10.1. The number of amides is 1. The van der Waals surface area contributed by atoms with Crippen molar-refractivity contribution in [3.63, 3.8) is 0 Å². The lowest BCUT2D eigenvalue weighted by molar-refractivity contribution is -0.141. The third-order valence-electron chi connectivity index (χ3n) is 2.00. The Morgan fingerprint density at radius 3 is 2.59 bits per heavy atom. The number of nitrogens with zero attached hydrogens (tertiary/aromatic N) is 1. The molecule has 1 heterocycles. The van der Waals surface area contributed by atoms with E-state index in [4.69, 9.17) is 5.11 Å². The first-order valence-corrected chi connectivity index (χ1v) is 5.53. The quantitative estimate of drug-likeness (QED) is 0.748. The van der Waals surface area contributed by atoms with E-state index < -0.39 is 24.0 Å². The van der Waals surface area contributed by atoms with Crippen molar-refractivity contribution in [2.45, 2.75) is 19.1 Å². The number of carboxylic acids is 1. The summed E-state index contributed by atoms with van der Waals surface area (Å²) in [5.74, 6) is -1.90. The van der Waals surface area contributed by atoms with Crippen LogP contribution in [0.2, 0.25) is 0 Å². The van der Waals surface area contributed by atoms with E-state index in [0.717, 1.165) is 0 Å². The van der Waals surface area contributed by atoms with E-state index in [-0.39, 0.29) is 5.56 Å². The van der Waals surface area contributed by atoms with Crippen LogP contribution < -0.4 is 5.32 Å². The summed E-state index contributed by atoms with van der Waals surface area (Å²) in [6.45, 7) is 1.29. The number of rotatable bonds is 4. The van der Waals surface area contributed by atoms with E-state index in [1.165, 1.54) is 25.4 Å². The molecule has 3 N–H and O–H groups in total. The number of carbonyl (C=O) groups excluding carboxylic acids is 1. The van der Waals surface area contributed by atoms with Gasteiger partial charge in [-0.3, -0.25) is 9.78 Å². The molecule has 0 saturated carbocycles. The van der Waals surface area contributed by atoms with Gasteiger partial charge in [0.15, 0.2) is 6.04 Å². The molecule has 92 valence electrons. The fourth-order valence-corrected chi connectivity index (χ4v) is 1.51. The van der Waals surface area contributed by atoms with Crippen molar-refractivity contribution in [2.75, 3.05) is 0 Å². The van der Waals surface area contributed by atoms with Crippen LogP contribution in [0, 0.1) is 0 Å². The van der Waals surface area contributed by atoms with Gasteiger partial charge in [-0.25, -0.2) is 4.79 Å². The molecular formula is C10H11BrN2O4. The molecule has 1 aromatic rings. The zero-order valence-electron chi connectivity index (χ0n) is 8.92. The van der Waals surface area contributed by atoms with Gasteiger partial charge in [0, 0.05) is 16.9 Å². The van der Waals surface area contributed by atoms with Gasteiger partial charge >= 0.3 is 5.97 Å². The summed E-state index contributed by atoms with van der Waals surface area (Å²) in [4.78, 5) is 26.2. The second kappa shape index (κ2) is 5.74. The Hall–Kier alpha value is -1.47. The largest absolute Gasteiger partial charge is 0.480 e. The number of aromatic nitrogens is 1. The lowest BCUT2D eigenvalue weighted by Gasteiger charge is -2.16. The Morgan fingerprint density at radius 1 is 1.47 bits per heavy atom. The van der Waals surface area contributed by atoms with Crippen LogP contribution in [0.5, 0.6) is 0 Å². The van der Waals surface area contributed by atoms with Gasteiger partial charge in [0.2, 0.25) is 0 Å². The second-order valence-corrected chi connectivity index (χ2v) is 4.34. The van der Waals surface area contributed by atoms with Crippen LogP contribution in [0.4, 0.5) is 0 Å². The van der Waals surface area contributed by atoms with Crippen LogP contribution in [-0.2, 0) is 4.79 Å². The van der Waals surface area contributed by atoms with E-state index in [0.29, 0.717) is 4.47 Å². The maximum atomic E-state index is 11.7. The molecule has 0 aliphatic carbocycles. The highest BCUT2D eigenvalue weighted by atomic mass is 79.9. The normalized spacial score (nSPS) is 13.8. The van der Waals surface area contributed by atoms with Crippen LogP contribution >= 0.6 is 15.9 Å². The molecular weight excluding hydrogens is 292 g/mol. The molecule has 1 aromatic heterocycles. The Bertz CT molecular complexity index is 436. The van der Waals surface area contributed by atoms with Crippen molar-refractivity contribution >= 4 is 27.8 Å². The number of hydrogen-bond donors (Lipinski definition) is 3. The molecule has 1 rings (SSSR count). The Labute approximate surface area is 106 Å². The van der Waals surface area contributed by atoms with Gasteiger partial charge < -0.3 is 15.5 Å². The first-order valence-electron chi connectivity index (χ1n) is 4.74. The number of hydrogen-bond acceptors (Lipinski definition) is 4. The SMILES string of the molecule is C[C@@H](O)[C@H](NC(=O)c1cncc(Br)c1)C(=O)O. The van der Waals surface area contributed by atoms with Gasteiger partial charge in [0.25, 0.3) is 5.91 Å². The molecule has 0 aromatic carbocycles. The van der Waals surface area contributed by atoms with Gasteiger partial charge in [-0.05, 0) is 28.9 Å². The number of carbonyl (C=O) groups is 2. The molecule has 0 saturated heterocycles. The minimum atomic E-state index is -1.35. The van der Waals surface area contributed by atoms with Crippen LogP contribution in [0.25, 0.3) is 0 Å². The highest BCUT2D eigenvalue weighted by Crippen LogP contribution is 2.09. The third kappa shape index (κ3) is 3.79. The van der Waals surface area contributed by atoms with Crippen molar-refractivity contribution in [1.29, 1.82) is 0 Å². The van der Waals surface area contributed by atoms with Crippen molar-refractivity contribution in [1.82, 2.24) is 10.3 Å². The number of pyridine rings is 1. The highest BCUT2D eigenvalue weighted by Gasteiger charge is 2.25. The van der Waals surface area contributed by atoms with E-state index in [9.17, 15) is 14.7 Å². The van der Waals surface area contributed by atoms with E-state index in [1.807, 2.05) is 0 Å². The first-order chi connectivity index (χ1) is 7.91. The molecule has 0 unspecified atom stereocenters. The molecule has 0 fully saturated rings. The lowest BCUT2D eigenvalue weighted by Crippen LogP contribution is -2.47. The van der Waals surface area contributed by atoms with E-state index >= 15 is 0 Å². The fourth-order valence-electron chi connectivity index (χ4n) is 1.15. The topological polar surface area (TPSA) is 99.5 Å². The summed E-state index contributed by atoms with van der Waals surface area (Å²) in [5, 5.41) is 20.2. The molecule has 0 bridgehead atoms. The Balaban J connectivity index is 2.81. The maximum Gasteiger partial charge on any atom is 0.328 e.